The SMILES string of the molecule is CC[C@@H](NC(=O)c1cc[n+]([O-])cc1)C(C)C. The number of hydrogen-bond acceptors (Lipinski definition) is 2. The summed E-state index contributed by atoms with van der Waals surface area (Å²) in [5, 5.41) is 13.8. The van der Waals surface area contributed by atoms with Crippen molar-refractivity contribution in [3.05, 3.63) is 35.3 Å². The van der Waals surface area contributed by atoms with Gasteiger partial charge in [0.1, 0.15) is 0 Å². The molecule has 0 aliphatic rings. The minimum absolute atomic E-state index is 0.124. The molecule has 1 rings (SSSR count). The van der Waals surface area contributed by atoms with E-state index in [1.165, 1.54) is 24.5 Å². The van der Waals surface area contributed by atoms with E-state index < -0.39 is 0 Å². The average molecular weight is 222 g/mol. The van der Waals surface area contributed by atoms with Crippen LogP contribution in [0.2, 0.25) is 0 Å². The molecule has 0 aliphatic heterocycles. The third kappa shape index (κ3) is 3.22. The van der Waals surface area contributed by atoms with Gasteiger partial charge >= 0.3 is 0 Å². The van der Waals surface area contributed by atoms with Crippen molar-refractivity contribution in [2.45, 2.75) is 33.2 Å². The minimum Gasteiger partial charge on any atom is -0.619 e. The predicted octanol–water partition coefficient (Wildman–Crippen LogP) is 1.48. The summed E-state index contributed by atoms with van der Waals surface area (Å²) < 4.78 is 0.663. The Balaban J connectivity index is 2.68. The fourth-order valence-electron chi connectivity index (χ4n) is 1.56. The van der Waals surface area contributed by atoms with E-state index in [0.717, 1.165) is 6.42 Å². The van der Waals surface area contributed by atoms with Gasteiger partial charge in [0.25, 0.3) is 5.91 Å². The zero-order valence-electron chi connectivity index (χ0n) is 9.93. The van der Waals surface area contributed by atoms with Gasteiger partial charge in [-0.1, -0.05) is 20.8 Å². The summed E-state index contributed by atoms with van der Waals surface area (Å²) in [6.45, 7) is 6.19. The van der Waals surface area contributed by atoms with Crippen LogP contribution in [0.25, 0.3) is 0 Å². The molecule has 4 heteroatoms. The highest BCUT2D eigenvalue weighted by molar-refractivity contribution is 5.94. The summed E-state index contributed by atoms with van der Waals surface area (Å²) in [7, 11) is 0. The fraction of sp³-hybridized carbons (Fsp3) is 0.500. The van der Waals surface area contributed by atoms with E-state index in [9.17, 15) is 10.0 Å². The Hall–Kier alpha value is -1.58. The molecule has 0 spiro atoms. The molecule has 4 nitrogen and oxygen atoms in total. The molecule has 0 saturated heterocycles. The molecule has 1 atom stereocenters. The largest absolute Gasteiger partial charge is 0.619 e. The summed E-state index contributed by atoms with van der Waals surface area (Å²) >= 11 is 0. The number of aromatic nitrogens is 1. The Morgan fingerprint density at radius 3 is 2.44 bits per heavy atom. The number of hydrogen-bond donors (Lipinski definition) is 1. The molecule has 0 aromatic carbocycles. The van der Waals surface area contributed by atoms with Crippen LogP contribution in [0.3, 0.4) is 0 Å². The molecule has 1 N–H and O–H groups in total. The van der Waals surface area contributed by atoms with Crippen LogP contribution in [0.1, 0.15) is 37.6 Å². The summed E-state index contributed by atoms with van der Waals surface area (Å²) in [5.41, 5.74) is 0.520. The number of rotatable bonds is 4. The zero-order valence-corrected chi connectivity index (χ0v) is 9.93. The van der Waals surface area contributed by atoms with Gasteiger partial charge in [-0.3, -0.25) is 4.79 Å². The van der Waals surface area contributed by atoms with Crippen LogP contribution >= 0.6 is 0 Å². The monoisotopic (exact) mass is 222 g/mol. The summed E-state index contributed by atoms with van der Waals surface area (Å²) in [5.74, 6) is 0.281. The third-order valence-electron chi connectivity index (χ3n) is 2.63. The maximum atomic E-state index is 11.8. The quantitative estimate of drug-likeness (QED) is 0.619. The van der Waals surface area contributed by atoms with Crippen molar-refractivity contribution < 1.29 is 9.52 Å². The van der Waals surface area contributed by atoms with E-state index in [2.05, 4.69) is 19.2 Å². The van der Waals surface area contributed by atoms with Gasteiger partial charge < -0.3 is 10.5 Å². The lowest BCUT2D eigenvalue weighted by atomic mass is 10.0. The number of nitrogens with zero attached hydrogens (tertiary/aromatic N) is 1. The molecule has 88 valence electrons. The van der Waals surface area contributed by atoms with E-state index in [-0.39, 0.29) is 11.9 Å². The first-order valence-electron chi connectivity index (χ1n) is 5.54. The molecule has 1 aromatic rings. The van der Waals surface area contributed by atoms with Crippen LogP contribution in [-0.4, -0.2) is 11.9 Å². The minimum atomic E-state index is -0.124. The van der Waals surface area contributed by atoms with Gasteiger partial charge in [0.15, 0.2) is 12.4 Å². The molecule has 0 saturated carbocycles. The van der Waals surface area contributed by atoms with E-state index in [0.29, 0.717) is 16.2 Å². The van der Waals surface area contributed by atoms with Crippen molar-refractivity contribution in [2.24, 2.45) is 5.92 Å². The highest BCUT2D eigenvalue weighted by Crippen LogP contribution is 2.06. The average Bonchev–Trinajstić information content (AvgIpc) is 2.26. The van der Waals surface area contributed by atoms with Gasteiger partial charge in [-0.25, -0.2) is 0 Å². The number of carbonyl (C=O) groups is 1. The summed E-state index contributed by atoms with van der Waals surface area (Å²) in [4.78, 5) is 11.8. The van der Waals surface area contributed by atoms with Gasteiger partial charge in [-0.05, 0) is 12.3 Å². The van der Waals surface area contributed by atoms with Crippen molar-refractivity contribution in [1.82, 2.24) is 5.32 Å². The van der Waals surface area contributed by atoms with Crippen molar-refractivity contribution in [3.63, 3.8) is 0 Å². The predicted molar refractivity (Wildman–Crippen MR) is 61.8 cm³/mol. The van der Waals surface area contributed by atoms with E-state index in [1.807, 2.05) is 6.92 Å². The molecule has 1 amide bonds. The first kappa shape index (κ1) is 12.5. The lowest BCUT2D eigenvalue weighted by Gasteiger charge is -2.20. The topological polar surface area (TPSA) is 56.0 Å². The number of carbonyl (C=O) groups excluding carboxylic acids is 1. The molecular formula is C12H18N2O2. The Bertz CT molecular complexity index is 347. The van der Waals surface area contributed by atoms with Gasteiger partial charge in [-0.2, -0.15) is 4.73 Å². The van der Waals surface area contributed by atoms with Gasteiger partial charge in [0.05, 0.1) is 5.56 Å². The Kier molecular flexibility index (Phi) is 4.28. The molecule has 0 bridgehead atoms. The van der Waals surface area contributed by atoms with Crippen LogP contribution < -0.4 is 10.0 Å². The molecule has 0 aliphatic carbocycles. The van der Waals surface area contributed by atoms with E-state index >= 15 is 0 Å². The Morgan fingerprint density at radius 2 is 2.00 bits per heavy atom. The lowest BCUT2D eigenvalue weighted by molar-refractivity contribution is -0.605. The molecule has 0 fully saturated rings. The molecule has 0 unspecified atom stereocenters. The van der Waals surface area contributed by atoms with Crippen LogP contribution in [0, 0.1) is 11.1 Å². The molecule has 1 aromatic heterocycles. The Morgan fingerprint density at radius 1 is 1.44 bits per heavy atom. The second kappa shape index (κ2) is 5.49. The first-order chi connectivity index (χ1) is 7.54. The Labute approximate surface area is 95.9 Å². The third-order valence-corrected chi connectivity index (χ3v) is 2.63. The second-order valence-electron chi connectivity index (χ2n) is 4.18. The van der Waals surface area contributed by atoms with Crippen LogP contribution in [0.5, 0.6) is 0 Å². The molecule has 1 heterocycles. The maximum absolute atomic E-state index is 11.8. The summed E-state index contributed by atoms with van der Waals surface area (Å²) in [6.07, 6.45) is 3.55. The second-order valence-corrected chi connectivity index (χ2v) is 4.18. The van der Waals surface area contributed by atoms with Crippen molar-refractivity contribution in [2.75, 3.05) is 0 Å². The van der Waals surface area contributed by atoms with Gasteiger partial charge in [-0.15, -0.1) is 0 Å². The van der Waals surface area contributed by atoms with Gasteiger partial charge in [0.2, 0.25) is 0 Å². The van der Waals surface area contributed by atoms with Gasteiger partial charge in [0, 0.05) is 18.2 Å². The smallest absolute Gasteiger partial charge is 0.251 e. The van der Waals surface area contributed by atoms with Crippen molar-refractivity contribution >= 4 is 5.91 Å². The van der Waals surface area contributed by atoms with Crippen LogP contribution in [0.15, 0.2) is 24.5 Å². The number of amides is 1. The van der Waals surface area contributed by atoms with Crippen molar-refractivity contribution in [1.29, 1.82) is 0 Å². The van der Waals surface area contributed by atoms with Crippen molar-refractivity contribution in [3.8, 4) is 0 Å². The lowest BCUT2D eigenvalue weighted by Crippen LogP contribution is -2.38. The number of nitrogens with one attached hydrogen (secondary N) is 1. The van der Waals surface area contributed by atoms with Crippen LogP contribution in [0.4, 0.5) is 0 Å². The van der Waals surface area contributed by atoms with Crippen LogP contribution in [-0.2, 0) is 0 Å². The maximum Gasteiger partial charge on any atom is 0.251 e. The molecule has 0 radical (unpaired) electrons. The first-order valence-corrected chi connectivity index (χ1v) is 5.54. The van der Waals surface area contributed by atoms with E-state index in [4.69, 9.17) is 0 Å². The summed E-state index contributed by atoms with van der Waals surface area (Å²) in [6, 6.07) is 3.22. The highest BCUT2D eigenvalue weighted by atomic mass is 16.5. The highest BCUT2D eigenvalue weighted by Gasteiger charge is 2.15. The van der Waals surface area contributed by atoms with E-state index in [1.54, 1.807) is 0 Å². The normalized spacial score (nSPS) is 12.5. The standard InChI is InChI=1S/C12H18N2O2/c1-4-11(9(2)3)13-12(15)10-5-7-14(16)8-6-10/h5-9,11H,4H2,1-3H3,(H,13,15)/t11-/m1/s1. The molecule has 16 heavy (non-hydrogen) atoms. The fourth-order valence-corrected chi connectivity index (χ4v) is 1.56. The number of pyridine rings is 1. The zero-order chi connectivity index (χ0) is 12.1. The molecular weight excluding hydrogens is 204 g/mol.